The van der Waals surface area contributed by atoms with Crippen LogP contribution in [0.1, 0.15) is 0 Å². The van der Waals surface area contributed by atoms with E-state index in [1.165, 1.54) is 6.07 Å². The van der Waals surface area contributed by atoms with Gasteiger partial charge >= 0.3 is 0 Å². The van der Waals surface area contributed by atoms with Crippen molar-refractivity contribution in [3.8, 4) is 11.5 Å². The minimum absolute atomic E-state index is 0.106. The van der Waals surface area contributed by atoms with E-state index in [4.69, 9.17) is 9.84 Å². The van der Waals surface area contributed by atoms with Crippen LogP contribution in [0.4, 0.5) is 0 Å². The zero-order valence-corrected chi connectivity index (χ0v) is 6.08. The first-order chi connectivity index (χ1) is 5.34. The summed E-state index contributed by atoms with van der Waals surface area (Å²) in [6, 6.07) is 7.51. The summed E-state index contributed by atoms with van der Waals surface area (Å²) in [6.45, 7) is 3.89. The van der Waals surface area contributed by atoms with Crippen LogP contribution in [0.25, 0.3) is 0 Å². The van der Waals surface area contributed by atoms with E-state index in [9.17, 15) is 0 Å². The molecule has 1 aromatic rings. The molecule has 0 aliphatic rings. The largest absolute Gasteiger partial charge is 0.504 e. The molecule has 0 saturated heterocycles. The monoisotopic (exact) mass is 149 g/mol. The summed E-state index contributed by atoms with van der Waals surface area (Å²) in [5.74, 6) is 0.568. The first kappa shape index (κ1) is 7.66. The van der Waals surface area contributed by atoms with Crippen LogP contribution in [-0.4, -0.2) is 11.7 Å². The number of aromatic hydroxyl groups is 1. The Bertz CT molecular complexity index is 243. The predicted octanol–water partition coefficient (Wildman–Crippen LogP) is 1.76. The second kappa shape index (κ2) is 3.66. The molecule has 0 bridgehead atoms. The molecule has 2 nitrogen and oxygen atoms in total. The first-order valence-electron chi connectivity index (χ1n) is 3.27. The lowest BCUT2D eigenvalue weighted by atomic mass is 10.3. The summed E-state index contributed by atoms with van der Waals surface area (Å²) in [5.41, 5.74) is 0. The zero-order valence-electron chi connectivity index (χ0n) is 6.08. The van der Waals surface area contributed by atoms with Gasteiger partial charge in [0.1, 0.15) is 6.61 Å². The molecule has 11 heavy (non-hydrogen) atoms. The fraction of sp³-hybridized carbons (Fsp3) is 0.111. The molecule has 0 aliphatic heterocycles. The summed E-state index contributed by atoms with van der Waals surface area (Å²) < 4.78 is 5.10. The first-order valence-corrected chi connectivity index (χ1v) is 3.27. The van der Waals surface area contributed by atoms with Crippen LogP contribution < -0.4 is 4.74 Å². The van der Waals surface area contributed by atoms with E-state index in [1.807, 2.05) is 0 Å². The third-order valence-corrected chi connectivity index (χ3v) is 1.16. The van der Waals surface area contributed by atoms with Crippen molar-refractivity contribution >= 4 is 0 Å². The molecule has 0 fully saturated rings. The van der Waals surface area contributed by atoms with E-state index in [0.717, 1.165) is 0 Å². The van der Waals surface area contributed by atoms with E-state index in [2.05, 4.69) is 12.6 Å². The Kier molecular flexibility index (Phi) is 2.55. The van der Waals surface area contributed by atoms with Crippen LogP contribution >= 0.6 is 0 Å². The highest BCUT2D eigenvalue weighted by Crippen LogP contribution is 2.23. The average molecular weight is 149 g/mol. The number of ether oxygens (including phenoxy) is 1. The molecule has 0 aromatic heterocycles. The van der Waals surface area contributed by atoms with Crippen LogP contribution in [0.15, 0.2) is 30.9 Å². The maximum absolute atomic E-state index is 9.15. The average Bonchev–Trinajstić information content (AvgIpc) is 2.03. The zero-order chi connectivity index (χ0) is 8.10. The molecule has 0 heterocycles. The van der Waals surface area contributed by atoms with Gasteiger partial charge in [0.05, 0.1) is 0 Å². The molecule has 0 aliphatic carbocycles. The van der Waals surface area contributed by atoms with E-state index in [0.29, 0.717) is 12.4 Å². The number of phenols is 1. The molecule has 1 rings (SSSR count). The van der Waals surface area contributed by atoms with E-state index in [1.54, 1.807) is 18.2 Å². The summed E-state index contributed by atoms with van der Waals surface area (Å²) in [7, 11) is 0. The number of hydrogen-bond donors (Lipinski definition) is 1. The molecule has 0 saturated carbocycles. The molecular formula is C9H9O2. The lowest BCUT2D eigenvalue weighted by Crippen LogP contribution is -1.92. The number of phenolic OH excluding ortho intramolecular Hbond substituents is 1. The van der Waals surface area contributed by atoms with Gasteiger partial charge in [-0.1, -0.05) is 18.7 Å². The van der Waals surface area contributed by atoms with Crippen LogP contribution in [0.3, 0.4) is 0 Å². The van der Waals surface area contributed by atoms with Crippen LogP contribution in [0, 0.1) is 6.07 Å². The molecule has 0 spiro atoms. The lowest BCUT2D eigenvalue weighted by molar-refractivity contribution is 0.336. The third kappa shape index (κ3) is 2.00. The molecule has 57 valence electrons. The SMILES string of the molecule is C=CCOc1cc[c]cc1O. The molecule has 0 atom stereocenters. The second-order valence-electron chi connectivity index (χ2n) is 1.99. The summed E-state index contributed by atoms with van der Waals surface area (Å²) in [6.07, 6.45) is 1.62. The van der Waals surface area contributed by atoms with Gasteiger partial charge in [0, 0.05) is 0 Å². The number of hydrogen-bond acceptors (Lipinski definition) is 2. The highest BCUT2D eigenvalue weighted by molar-refractivity contribution is 5.37. The molecular weight excluding hydrogens is 140 g/mol. The summed E-state index contributed by atoms with van der Waals surface area (Å²) in [4.78, 5) is 0. The van der Waals surface area contributed by atoms with Crippen molar-refractivity contribution in [1.29, 1.82) is 0 Å². The van der Waals surface area contributed by atoms with Crippen molar-refractivity contribution < 1.29 is 9.84 Å². The number of benzene rings is 1. The fourth-order valence-electron chi connectivity index (χ4n) is 0.678. The van der Waals surface area contributed by atoms with Gasteiger partial charge < -0.3 is 9.84 Å². The third-order valence-electron chi connectivity index (χ3n) is 1.16. The Morgan fingerprint density at radius 1 is 1.73 bits per heavy atom. The normalized spacial score (nSPS) is 9.09. The lowest BCUT2D eigenvalue weighted by Gasteiger charge is -2.03. The Hall–Kier alpha value is -1.44. The van der Waals surface area contributed by atoms with Crippen molar-refractivity contribution in [2.24, 2.45) is 0 Å². The van der Waals surface area contributed by atoms with Gasteiger partial charge in [0.25, 0.3) is 0 Å². The molecule has 1 N–H and O–H groups in total. The predicted molar refractivity (Wildman–Crippen MR) is 42.6 cm³/mol. The van der Waals surface area contributed by atoms with Gasteiger partial charge in [-0.2, -0.15) is 0 Å². The van der Waals surface area contributed by atoms with Crippen LogP contribution in [0.2, 0.25) is 0 Å². The van der Waals surface area contributed by atoms with Crippen molar-refractivity contribution in [3.05, 3.63) is 36.9 Å². The van der Waals surface area contributed by atoms with Gasteiger partial charge in [-0.25, -0.2) is 0 Å². The quantitative estimate of drug-likeness (QED) is 0.663. The van der Waals surface area contributed by atoms with Gasteiger partial charge in [-0.3, -0.25) is 0 Å². The van der Waals surface area contributed by atoms with E-state index >= 15 is 0 Å². The Morgan fingerprint density at radius 3 is 3.18 bits per heavy atom. The molecule has 2 heteroatoms. The smallest absolute Gasteiger partial charge is 0.161 e. The highest BCUT2D eigenvalue weighted by Gasteiger charge is 1.96. The van der Waals surface area contributed by atoms with Gasteiger partial charge in [0.2, 0.25) is 0 Å². The maximum Gasteiger partial charge on any atom is 0.161 e. The summed E-state index contributed by atoms with van der Waals surface area (Å²) in [5, 5.41) is 9.15. The van der Waals surface area contributed by atoms with Gasteiger partial charge in [-0.15, -0.1) is 0 Å². The Labute approximate surface area is 65.7 Å². The van der Waals surface area contributed by atoms with Crippen molar-refractivity contribution in [2.75, 3.05) is 6.61 Å². The molecule has 1 aromatic carbocycles. The van der Waals surface area contributed by atoms with Crippen molar-refractivity contribution in [2.45, 2.75) is 0 Å². The van der Waals surface area contributed by atoms with Gasteiger partial charge in [0.15, 0.2) is 11.5 Å². The number of rotatable bonds is 3. The second-order valence-corrected chi connectivity index (χ2v) is 1.99. The Morgan fingerprint density at radius 2 is 2.55 bits per heavy atom. The maximum atomic E-state index is 9.15. The van der Waals surface area contributed by atoms with Crippen molar-refractivity contribution in [1.82, 2.24) is 0 Å². The van der Waals surface area contributed by atoms with E-state index < -0.39 is 0 Å². The topological polar surface area (TPSA) is 29.5 Å². The minimum Gasteiger partial charge on any atom is -0.504 e. The molecule has 1 radical (unpaired) electrons. The van der Waals surface area contributed by atoms with E-state index in [-0.39, 0.29) is 5.75 Å². The standard InChI is InChI=1S/C9H9O2/c1-2-7-11-9-6-4-3-5-8(9)10/h2,4-6,10H,1,7H2. The summed E-state index contributed by atoms with van der Waals surface area (Å²) >= 11 is 0. The van der Waals surface area contributed by atoms with Gasteiger partial charge in [-0.05, 0) is 18.2 Å². The van der Waals surface area contributed by atoms with Crippen LogP contribution in [-0.2, 0) is 0 Å². The minimum atomic E-state index is 0.106. The van der Waals surface area contributed by atoms with Crippen LogP contribution in [0.5, 0.6) is 11.5 Å². The van der Waals surface area contributed by atoms with Crippen molar-refractivity contribution in [3.63, 3.8) is 0 Å². The highest BCUT2D eigenvalue weighted by atomic mass is 16.5. The fourth-order valence-corrected chi connectivity index (χ4v) is 0.678. The Balaban J connectivity index is 2.69. The molecule has 0 amide bonds. The molecule has 0 unspecified atom stereocenters.